The third-order valence-corrected chi connectivity index (χ3v) is 5.66. The third-order valence-electron chi connectivity index (χ3n) is 3.88. The van der Waals surface area contributed by atoms with E-state index in [1.54, 1.807) is 35.2 Å². The summed E-state index contributed by atoms with van der Waals surface area (Å²) in [4.78, 5) is 1.17. The SMILES string of the molecule is N#Cc1ccc(OCCSc2nnc(-c3cccs3)n2C2CC2)cc1. The van der Waals surface area contributed by atoms with E-state index in [0.29, 0.717) is 18.2 Å². The summed E-state index contributed by atoms with van der Waals surface area (Å²) in [6, 6.07) is 14.0. The molecule has 0 aliphatic heterocycles. The Morgan fingerprint density at radius 3 is 2.76 bits per heavy atom. The third kappa shape index (κ3) is 3.70. The summed E-state index contributed by atoms with van der Waals surface area (Å²) < 4.78 is 8.01. The number of nitriles is 1. The van der Waals surface area contributed by atoms with Crippen LogP contribution in [0.2, 0.25) is 0 Å². The van der Waals surface area contributed by atoms with Crippen LogP contribution < -0.4 is 4.74 Å². The summed E-state index contributed by atoms with van der Waals surface area (Å²) in [5.74, 6) is 2.56. The van der Waals surface area contributed by atoms with Gasteiger partial charge in [-0.1, -0.05) is 17.8 Å². The van der Waals surface area contributed by atoms with Crippen LogP contribution in [0.4, 0.5) is 0 Å². The molecule has 0 atom stereocenters. The van der Waals surface area contributed by atoms with Gasteiger partial charge in [-0.25, -0.2) is 0 Å². The minimum Gasteiger partial charge on any atom is -0.493 e. The second kappa shape index (κ2) is 7.30. The maximum atomic E-state index is 8.81. The number of benzene rings is 1. The Kier molecular flexibility index (Phi) is 4.72. The number of aromatic nitrogens is 3. The average Bonchev–Trinajstić information content (AvgIpc) is 3.17. The Morgan fingerprint density at radius 1 is 1.24 bits per heavy atom. The highest BCUT2D eigenvalue weighted by Gasteiger charge is 2.30. The molecule has 0 N–H and O–H groups in total. The molecule has 25 heavy (non-hydrogen) atoms. The number of thioether (sulfide) groups is 1. The van der Waals surface area contributed by atoms with E-state index < -0.39 is 0 Å². The molecule has 0 spiro atoms. The van der Waals surface area contributed by atoms with Gasteiger partial charge in [-0.2, -0.15) is 5.26 Å². The second-order valence-corrected chi connectivity index (χ2v) is 7.73. The van der Waals surface area contributed by atoms with Gasteiger partial charge in [0.25, 0.3) is 0 Å². The largest absolute Gasteiger partial charge is 0.493 e. The molecule has 1 fully saturated rings. The number of thiophene rings is 1. The van der Waals surface area contributed by atoms with Crippen molar-refractivity contribution in [3.63, 3.8) is 0 Å². The summed E-state index contributed by atoms with van der Waals surface area (Å²) in [6.07, 6.45) is 2.40. The van der Waals surface area contributed by atoms with Crippen molar-refractivity contribution in [3.8, 4) is 22.5 Å². The van der Waals surface area contributed by atoms with E-state index in [1.165, 1.54) is 17.7 Å². The molecule has 0 radical (unpaired) electrons. The summed E-state index contributed by atoms with van der Waals surface area (Å²) in [6.45, 7) is 0.586. The van der Waals surface area contributed by atoms with Crippen molar-refractivity contribution in [3.05, 3.63) is 47.3 Å². The van der Waals surface area contributed by atoms with E-state index >= 15 is 0 Å². The van der Waals surface area contributed by atoms with E-state index in [4.69, 9.17) is 10.00 Å². The smallest absolute Gasteiger partial charge is 0.191 e. The highest BCUT2D eigenvalue weighted by Crippen LogP contribution is 2.41. The highest BCUT2D eigenvalue weighted by molar-refractivity contribution is 7.99. The zero-order valence-electron chi connectivity index (χ0n) is 13.5. The van der Waals surface area contributed by atoms with E-state index in [1.807, 2.05) is 18.2 Å². The first-order valence-electron chi connectivity index (χ1n) is 8.09. The summed E-state index contributed by atoms with van der Waals surface area (Å²) in [5, 5.41) is 20.6. The molecule has 1 aliphatic rings. The van der Waals surface area contributed by atoms with Crippen molar-refractivity contribution < 1.29 is 4.74 Å². The van der Waals surface area contributed by atoms with Gasteiger partial charge in [0.1, 0.15) is 5.75 Å². The van der Waals surface area contributed by atoms with Crippen molar-refractivity contribution in [1.29, 1.82) is 5.26 Å². The number of rotatable bonds is 7. The van der Waals surface area contributed by atoms with Gasteiger partial charge in [0.2, 0.25) is 0 Å². The molecule has 4 rings (SSSR count). The molecule has 2 aromatic heterocycles. The molecule has 0 bridgehead atoms. The van der Waals surface area contributed by atoms with Crippen LogP contribution in [0.3, 0.4) is 0 Å². The van der Waals surface area contributed by atoms with Gasteiger partial charge in [0.05, 0.1) is 23.1 Å². The lowest BCUT2D eigenvalue weighted by Gasteiger charge is -2.08. The van der Waals surface area contributed by atoms with Gasteiger partial charge in [-0.3, -0.25) is 4.57 Å². The second-order valence-electron chi connectivity index (χ2n) is 5.72. The molecule has 126 valence electrons. The number of ether oxygens (including phenoxy) is 1. The van der Waals surface area contributed by atoms with Crippen LogP contribution in [0.1, 0.15) is 24.4 Å². The lowest BCUT2D eigenvalue weighted by atomic mass is 10.2. The minimum atomic E-state index is 0.536. The summed E-state index contributed by atoms with van der Waals surface area (Å²) in [7, 11) is 0. The fourth-order valence-corrected chi connectivity index (χ4v) is 4.06. The number of hydrogen-bond acceptors (Lipinski definition) is 6. The van der Waals surface area contributed by atoms with Crippen LogP contribution in [0, 0.1) is 11.3 Å². The molecule has 7 heteroatoms. The average molecular weight is 368 g/mol. The first-order chi connectivity index (χ1) is 12.3. The summed E-state index contributed by atoms with van der Waals surface area (Å²) in [5.41, 5.74) is 0.639. The fourth-order valence-electron chi connectivity index (χ4n) is 2.53. The molecule has 0 saturated heterocycles. The van der Waals surface area contributed by atoms with Gasteiger partial charge >= 0.3 is 0 Å². The van der Waals surface area contributed by atoms with Gasteiger partial charge < -0.3 is 4.74 Å². The number of hydrogen-bond donors (Lipinski definition) is 0. The Labute approximate surface area is 154 Å². The zero-order chi connectivity index (χ0) is 17.1. The topological polar surface area (TPSA) is 63.7 Å². The predicted molar refractivity (Wildman–Crippen MR) is 99.0 cm³/mol. The lowest BCUT2D eigenvalue weighted by Crippen LogP contribution is -2.03. The molecule has 0 amide bonds. The molecule has 1 saturated carbocycles. The van der Waals surface area contributed by atoms with E-state index in [9.17, 15) is 0 Å². The molecule has 2 heterocycles. The van der Waals surface area contributed by atoms with Gasteiger partial charge in [0.15, 0.2) is 11.0 Å². The molecule has 3 aromatic rings. The van der Waals surface area contributed by atoms with Gasteiger partial charge in [-0.05, 0) is 48.6 Å². The van der Waals surface area contributed by atoms with Crippen LogP contribution in [0.15, 0.2) is 46.9 Å². The quantitative estimate of drug-likeness (QED) is 0.457. The Morgan fingerprint density at radius 2 is 2.08 bits per heavy atom. The van der Waals surface area contributed by atoms with Crippen LogP contribution in [0.25, 0.3) is 10.7 Å². The van der Waals surface area contributed by atoms with Crippen LogP contribution >= 0.6 is 23.1 Å². The first-order valence-corrected chi connectivity index (χ1v) is 9.96. The molecule has 5 nitrogen and oxygen atoms in total. The van der Waals surface area contributed by atoms with E-state index in [0.717, 1.165) is 22.5 Å². The maximum Gasteiger partial charge on any atom is 0.191 e. The Bertz CT molecular complexity index is 877. The van der Waals surface area contributed by atoms with Crippen LogP contribution in [0.5, 0.6) is 5.75 Å². The predicted octanol–water partition coefficient (Wildman–Crippen LogP) is 4.38. The van der Waals surface area contributed by atoms with E-state index in [2.05, 4.69) is 32.3 Å². The summed E-state index contributed by atoms with van der Waals surface area (Å²) >= 11 is 3.37. The number of nitrogens with zero attached hydrogens (tertiary/aromatic N) is 4. The van der Waals surface area contributed by atoms with Crippen molar-refractivity contribution in [1.82, 2.24) is 14.8 Å². The zero-order valence-corrected chi connectivity index (χ0v) is 15.1. The van der Waals surface area contributed by atoms with Crippen LogP contribution in [-0.4, -0.2) is 27.1 Å². The fraction of sp³-hybridized carbons (Fsp3) is 0.278. The van der Waals surface area contributed by atoms with Gasteiger partial charge in [-0.15, -0.1) is 21.5 Å². The van der Waals surface area contributed by atoms with Crippen molar-refractivity contribution in [2.45, 2.75) is 24.0 Å². The minimum absolute atomic E-state index is 0.536. The van der Waals surface area contributed by atoms with Gasteiger partial charge in [0, 0.05) is 11.8 Å². The maximum absolute atomic E-state index is 8.81. The molecule has 1 aliphatic carbocycles. The lowest BCUT2D eigenvalue weighted by molar-refractivity contribution is 0.344. The normalized spacial score (nSPS) is 13.6. The Balaban J connectivity index is 1.37. The van der Waals surface area contributed by atoms with Crippen molar-refractivity contribution >= 4 is 23.1 Å². The first kappa shape index (κ1) is 16.2. The Hall–Kier alpha value is -2.30. The van der Waals surface area contributed by atoms with E-state index in [-0.39, 0.29) is 0 Å². The standard InChI is InChI=1S/C18H16N4OS2/c19-12-13-3-7-15(8-4-13)23-9-11-25-18-21-20-17(16-2-1-10-24-16)22(18)14-5-6-14/h1-4,7-8,10,14H,5-6,9,11H2. The highest BCUT2D eigenvalue weighted by atomic mass is 32.2. The van der Waals surface area contributed by atoms with Crippen molar-refractivity contribution in [2.75, 3.05) is 12.4 Å². The molecule has 0 unspecified atom stereocenters. The molecular formula is C18H16N4OS2. The molecule has 1 aromatic carbocycles. The van der Waals surface area contributed by atoms with Crippen molar-refractivity contribution in [2.24, 2.45) is 0 Å². The van der Waals surface area contributed by atoms with Crippen LogP contribution in [-0.2, 0) is 0 Å². The molecular weight excluding hydrogens is 352 g/mol. The monoisotopic (exact) mass is 368 g/mol.